The second-order valence-electron chi connectivity index (χ2n) is 2.37. The van der Waals surface area contributed by atoms with Crippen LogP contribution in [0.2, 0.25) is 0 Å². The van der Waals surface area contributed by atoms with Crippen molar-refractivity contribution in [3.8, 4) is 5.75 Å². The molecule has 0 aliphatic heterocycles. The van der Waals surface area contributed by atoms with Gasteiger partial charge in [0.25, 0.3) is 0 Å². The summed E-state index contributed by atoms with van der Waals surface area (Å²) in [6, 6.07) is 5.15. The molecule has 0 aliphatic carbocycles. The van der Waals surface area contributed by atoms with Gasteiger partial charge in [-0.1, -0.05) is 13.0 Å². The van der Waals surface area contributed by atoms with Crippen LogP contribution in [-0.2, 0) is 11.0 Å². The summed E-state index contributed by atoms with van der Waals surface area (Å²) in [5.74, 6) is 0.593. The zero-order chi connectivity index (χ0) is 9.84. The summed E-state index contributed by atoms with van der Waals surface area (Å²) in [6.07, 6.45) is 0. The Kier molecular flexibility index (Phi) is 3.74. The van der Waals surface area contributed by atoms with E-state index in [9.17, 15) is 9.32 Å². The summed E-state index contributed by atoms with van der Waals surface area (Å²) in [5, 5.41) is 9.50. The van der Waals surface area contributed by atoms with Crippen molar-refractivity contribution in [3.05, 3.63) is 22.7 Å². The van der Waals surface area contributed by atoms with Gasteiger partial charge in [0.1, 0.15) is 11.0 Å². The van der Waals surface area contributed by atoms with Gasteiger partial charge in [0.05, 0.1) is 10.2 Å². The lowest BCUT2D eigenvalue weighted by Crippen LogP contribution is -2.06. The van der Waals surface area contributed by atoms with Crippen molar-refractivity contribution in [2.45, 2.75) is 6.92 Å². The highest BCUT2D eigenvalue weighted by atomic mass is 79.9. The zero-order valence-corrected chi connectivity index (χ0v) is 9.48. The Labute approximate surface area is 87.9 Å². The fourth-order valence-electron chi connectivity index (χ4n) is 0.793. The summed E-state index contributed by atoms with van der Waals surface area (Å²) in [7, 11) is -1.13. The Balaban J connectivity index is 2.89. The van der Waals surface area contributed by atoms with Crippen molar-refractivity contribution in [3.63, 3.8) is 0 Å². The number of aromatic hydroxyl groups is 1. The summed E-state index contributed by atoms with van der Waals surface area (Å²) in [5.41, 5.74) is 0.481. The number of benzene rings is 1. The minimum Gasteiger partial charge on any atom is -0.505 e. The first-order valence-electron chi connectivity index (χ1n) is 3.77. The smallest absolute Gasteiger partial charge is 0.153 e. The van der Waals surface area contributed by atoms with Crippen LogP contribution in [-0.4, -0.2) is 15.1 Å². The molecule has 1 atom stereocenters. The van der Waals surface area contributed by atoms with Crippen molar-refractivity contribution in [1.29, 1.82) is 0 Å². The van der Waals surface area contributed by atoms with Crippen molar-refractivity contribution in [2.75, 3.05) is 10.5 Å². The molecule has 0 aromatic heterocycles. The van der Waals surface area contributed by atoms with E-state index in [1.54, 1.807) is 25.1 Å². The van der Waals surface area contributed by atoms with Gasteiger partial charge in [0.15, 0.2) is 5.75 Å². The van der Waals surface area contributed by atoms with Gasteiger partial charge in [0.2, 0.25) is 0 Å². The SMILES string of the molecule is CCS(=O)Nc1cccc(Br)c1O. The maximum Gasteiger partial charge on any atom is 0.153 e. The first kappa shape index (κ1) is 10.5. The molecule has 1 unspecified atom stereocenters. The monoisotopic (exact) mass is 263 g/mol. The average molecular weight is 264 g/mol. The zero-order valence-electron chi connectivity index (χ0n) is 7.08. The maximum atomic E-state index is 11.1. The molecule has 0 bridgehead atoms. The minimum atomic E-state index is -1.13. The second-order valence-corrected chi connectivity index (χ2v) is 4.70. The number of phenolic OH excluding ortho intramolecular Hbond substituents is 1. The first-order valence-corrected chi connectivity index (χ1v) is 5.89. The number of rotatable bonds is 3. The molecular weight excluding hydrogens is 254 g/mol. The Hall–Kier alpha value is -0.550. The number of hydrogen-bond acceptors (Lipinski definition) is 2. The Morgan fingerprint density at radius 2 is 2.31 bits per heavy atom. The quantitative estimate of drug-likeness (QED) is 0.822. The van der Waals surface area contributed by atoms with Crippen LogP contribution in [0.3, 0.4) is 0 Å². The Morgan fingerprint density at radius 3 is 2.92 bits per heavy atom. The molecule has 1 aromatic carbocycles. The third kappa shape index (κ3) is 2.70. The molecule has 0 spiro atoms. The number of phenols is 1. The molecule has 0 saturated heterocycles. The van der Waals surface area contributed by atoms with Crippen LogP contribution >= 0.6 is 15.9 Å². The van der Waals surface area contributed by atoms with Crippen LogP contribution in [0, 0.1) is 0 Å². The van der Waals surface area contributed by atoms with Crippen LogP contribution in [0.15, 0.2) is 22.7 Å². The largest absolute Gasteiger partial charge is 0.505 e. The summed E-state index contributed by atoms with van der Waals surface area (Å²) in [4.78, 5) is 0. The third-order valence-corrected chi connectivity index (χ3v) is 3.08. The molecule has 2 N–H and O–H groups in total. The lowest BCUT2D eigenvalue weighted by atomic mass is 10.3. The molecule has 13 heavy (non-hydrogen) atoms. The van der Waals surface area contributed by atoms with Gasteiger partial charge >= 0.3 is 0 Å². The van der Waals surface area contributed by atoms with Gasteiger partial charge in [0, 0.05) is 5.75 Å². The van der Waals surface area contributed by atoms with Crippen LogP contribution in [0.25, 0.3) is 0 Å². The van der Waals surface area contributed by atoms with E-state index in [1.807, 2.05) is 0 Å². The lowest BCUT2D eigenvalue weighted by molar-refractivity contribution is 0.474. The summed E-state index contributed by atoms with van der Waals surface area (Å²) in [6.45, 7) is 1.80. The molecule has 1 aromatic rings. The molecule has 0 radical (unpaired) electrons. The van der Waals surface area contributed by atoms with Crippen LogP contribution in [0.1, 0.15) is 6.92 Å². The number of para-hydroxylation sites is 1. The molecule has 5 heteroatoms. The van der Waals surface area contributed by atoms with Crippen molar-refractivity contribution < 1.29 is 9.32 Å². The molecule has 0 heterocycles. The fraction of sp³-hybridized carbons (Fsp3) is 0.250. The van der Waals surface area contributed by atoms with Crippen molar-refractivity contribution in [2.24, 2.45) is 0 Å². The summed E-state index contributed by atoms with van der Waals surface area (Å²) < 4.78 is 14.4. The fourth-order valence-corrected chi connectivity index (χ4v) is 1.71. The van der Waals surface area contributed by atoms with E-state index in [0.29, 0.717) is 15.9 Å². The van der Waals surface area contributed by atoms with E-state index in [2.05, 4.69) is 20.7 Å². The summed E-state index contributed by atoms with van der Waals surface area (Å²) >= 11 is 3.17. The van der Waals surface area contributed by atoms with E-state index >= 15 is 0 Å². The highest BCUT2D eigenvalue weighted by molar-refractivity contribution is 9.10. The van der Waals surface area contributed by atoms with Crippen molar-refractivity contribution in [1.82, 2.24) is 0 Å². The van der Waals surface area contributed by atoms with Crippen LogP contribution in [0.4, 0.5) is 5.69 Å². The molecular formula is C8H10BrNO2S. The van der Waals surface area contributed by atoms with E-state index in [-0.39, 0.29) is 5.75 Å². The van der Waals surface area contributed by atoms with Gasteiger partial charge in [-0.3, -0.25) is 0 Å². The molecule has 0 saturated carbocycles. The molecule has 1 rings (SSSR count). The Bertz CT molecular complexity index is 330. The molecule has 72 valence electrons. The molecule has 0 fully saturated rings. The van der Waals surface area contributed by atoms with E-state index in [0.717, 1.165) is 0 Å². The molecule has 0 amide bonds. The Morgan fingerprint density at radius 1 is 1.62 bits per heavy atom. The number of anilines is 1. The highest BCUT2D eigenvalue weighted by Crippen LogP contribution is 2.31. The highest BCUT2D eigenvalue weighted by Gasteiger charge is 2.05. The van der Waals surface area contributed by atoms with E-state index in [1.165, 1.54) is 0 Å². The average Bonchev–Trinajstić information content (AvgIpc) is 2.13. The number of halogens is 1. The predicted molar refractivity (Wildman–Crippen MR) is 58.1 cm³/mol. The van der Waals surface area contributed by atoms with Gasteiger partial charge in [-0.25, -0.2) is 4.21 Å². The predicted octanol–water partition coefficient (Wildman–Crippen LogP) is 2.25. The van der Waals surface area contributed by atoms with Gasteiger partial charge in [-0.2, -0.15) is 0 Å². The van der Waals surface area contributed by atoms with Crippen LogP contribution in [0.5, 0.6) is 5.75 Å². The van der Waals surface area contributed by atoms with Crippen molar-refractivity contribution >= 4 is 32.6 Å². The molecule has 0 aliphatic rings. The van der Waals surface area contributed by atoms with Gasteiger partial charge in [-0.15, -0.1) is 0 Å². The normalized spacial score (nSPS) is 12.5. The first-order chi connectivity index (χ1) is 6.15. The third-order valence-electron chi connectivity index (χ3n) is 1.47. The van der Waals surface area contributed by atoms with Gasteiger partial charge < -0.3 is 9.83 Å². The van der Waals surface area contributed by atoms with Crippen LogP contribution < -0.4 is 4.72 Å². The topological polar surface area (TPSA) is 49.3 Å². The molecule has 3 nitrogen and oxygen atoms in total. The second kappa shape index (κ2) is 4.62. The van der Waals surface area contributed by atoms with E-state index < -0.39 is 11.0 Å². The number of nitrogens with one attached hydrogen (secondary N) is 1. The van der Waals surface area contributed by atoms with Gasteiger partial charge in [-0.05, 0) is 28.1 Å². The number of hydrogen-bond donors (Lipinski definition) is 2. The lowest BCUT2D eigenvalue weighted by Gasteiger charge is -2.07. The standard InChI is InChI=1S/C8H10BrNO2S/c1-2-13(12)10-7-5-3-4-6(9)8(7)11/h3-5,10-11H,2H2,1H3. The van der Waals surface area contributed by atoms with E-state index in [4.69, 9.17) is 0 Å². The maximum absolute atomic E-state index is 11.1. The minimum absolute atomic E-state index is 0.0873.